The molecule has 0 bridgehead atoms. The van der Waals surface area contributed by atoms with E-state index in [4.69, 9.17) is 10.5 Å². The fraction of sp³-hybridized carbons (Fsp3) is 0.545. The van der Waals surface area contributed by atoms with E-state index in [0.717, 1.165) is 32.6 Å². The summed E-state index contributed by atoms with van der Waals surface area (Å²) >= 11 is 0. The highest BCUT2D eigenvalue weighted by atomic mass is 16.5. The molecule has 1 rings (SSSR count). The van der Waals surface area contributed by atoms with E-state index in [9.17, 15) is 4.79 Å². The molecule has 17 heavy (non-hydrogen) atoms. The van der Waals surface area contributed by atoms with Gasteiger partial charge in [-0.3, -0.25) is 4.79 Å². The van der Waals surface area contributed by atoms with Crippen LogP contribution in [0.5, 0.6) is 0 Å². The van der Waals surface area contributed by atoms with E-state index >= 15 is 0 Å². The van der Waals surface area contributed by atoms with Crippen LogP contribution in [0.4, 0.5) is 5.82 Å². The number of primary amides is 1. The predicted octanol–water partition coefficient (Wildman–Crippen LogP) is 0.804. The maximum absolute atomic E-state index is 10.8. The monoisotopic (exact) mass is 238 g/mol. The molecule has 6 heteroatoms. The van der Waals surface area contributed by atoms with Crippen molar-refractivity contribution in [2.75, 3.05) is 25.1 Å². The van der Waals surface area contributed by atoms with Gasteiger partial charge < -0.3 is 15.8 Å². The molecule has 0 aliphatic rings. The summed E-state index contributed by atoms with van der Waals surface area (Å²) in [6.45, 7) is 4.36. The number of anilines is 1. The van der Waals surface area contributed by atoms with Gasteiger partial charge in [0.2, 0.25) is 0 Å². The molecular weight excluding hydrogens is 220 g/mol. The third kappa shape index (κ3) is 5.26. The van der Waals surface area contributed by atoms with Crippen molar-refractivity contribution in [2.45, 2.75) is 19.8 Å². The van der Waals surface area contributed by atoms with E-state index in [2.05, 4.69) is 22.4 Å². The molecule has 6 nitrogen and oxygen atoms in total. The maximum Gasteiger partial charge on any atom is 0.269 e. The first kappa shape index (κ1) is 13.4. The Balaban J connectivity index is 2.21. The molecule has 0 radical (unpaired) electrons. The fourth-order valence-corrected chi connectivity index (χ4v) is 1.20. The van der Waals surface area contributed by atoms with Gasteiger partial charge in [0.05, 0.1) is 0 Å². The van der Waals surface area contributed by atoms with Gasteiger partial charge in [-0.2, -0.15) is 0 Å². The van der Waals surface area contributed by atoms with Crippen LogP contribution in [0, 0.1) is 0 Å². The number of ether oxygens (including phenoxy) is 1. The minimum absolute atomic E-state index is 0.168. The van der Waals surface area contributed by atoms with E-state index in [0.29, 0.717) is 5.82 Å². The summed E-state index contributed by atoms with van der Waals surface area (Å²) in [5, 5.41) is 10.6. The molecule has 0 aliphatic carbocycles. The number of carbonyl (C=O) groups is 1. The SMILES string of the molecule is CCCOCCCNc1ccc(C(N)=O)nn1. The Morgan fingerprint density at radius 1 is 1.41 bits per heavy atom. The van der Waals surface area contributed by atoms with Crippen molar-refractivity contribution in [1.29, 1.82) is 0 Å². The highest BCUT2D eigenvalue weighted by Gasteiger charge is 2.02. The van der Waals surface area contributed by atoms with Crippen LogP contribution in [-0.4, -0.2) is 35.9 Å². The molecule has 3 N–H and O–H groups in total. The summed E-state index contributed by atoms with van der Waals surface area (Å²) < 4.78 is 5.33. The van der Waals surface area contributed by atoms with Gasteiger partial charge in [-0.05, 0) is 25.0 Å². The molecule has 0 saturated heterocycles. The van der Waals surface area contributed by atoms with E-state index < -0.39 is 5.91 Å². The summed E-state index contributed by atoms with van der Waals surface area (Å²) in [4.78, 5) is 10.8. The zero-order chi connectivity index (χ0) is 12.5. The first-order valence-electron chi connectivity index (χ1n) is 5.69. The number of hydrogen-bond acceptors (Lipinski definition) is 5. The zero-order valence-electron chi connectivity index (χ0n) is 9.98. The Morgan fingerprint density at radius 2 is 2.24 bits per heavy atom. The van der Waals surface area contributed by atoms with Crippen LogP contribution >= 0.6 is 0 Å². The van der Waals surface area contributed by atoms with Crippen LogP contribution < -0.4 is 11.1 Å². The molecule has 1 aromatic heterocycles. The first-order valence-corrected chi connectivity index (χ1v) is 5.69. The smallest absolute Gasteiger partial charge is 0.269 e. The predicted molar refractivity (Wildman–Crippen MR) is 64.8 cm³/mol. The number of hydrogen-bond donors (Lipinski definition) is 2. The summed E-state index contributed by atoms with van der Waals surface area (Å²) in [7, 11) is 0. The number of nitrogens with two attached hydrogens (primary N) is 1. The molecule has 0 aromatic carbocycles. The van der Waals surface area contributed by atoms with Gasteiger partial charge >= 0.3 is 0 Å². The van der Waals surface area contributed by atoms with E-state index in [-0.39, 0.29) is 5.69 Å². The molecule has 1 aromatic rings. The summed E-state index contributed by atoms with van der Waals surface area (Å²) in [5.74, 6) is 0.0579. The van der Waals surface area contributed by atoms with Crippen molar-refractivity contribution in [1.82, 2.24) is 10.2 Å². The Morgan fingerprint density at radius 3 is 2.82 bits per heavy atom. The average molecular weight is 238 g/mol. The minimum atomic E-state index is -0.572. The molecule has 0 atom stereocenters. The lowest BCUT2D eigenvalue weighted by atomic mass is 10.3. The third-order valence-electron chi connectivity index (χ3n) is 2.04. The lowest BCUT2D eigenvalue weighted by molar-refractivity contribution is 0.0994. The second-order valence-electron chi connectivity index (χ2n) is 3.56. The van der Waals surface area contributed by atoms with Crippen molar-refractivity contribution in [3.05, 3.63) is 17.8 Å². The Bertz CT molecular complexity index is 340. The molecule has 94 valence electrons. The topological polar surface area (TPSA) is 90.1 Å². The van der Waals surface area contributed by atoms with E-state index in [1.54, 1.807) is 12.1 Å². The number of carbonyl (C=O) groups excluding carboxylic acids is 1. The summed E-state index contributed by atoms with van der Waals surface area (Å²) in [6.07, 6.45) is 1.94. The molecule has 0 unspecified atom stereocenters. The quantitative estimate of drug-likeness (QED) is 0.654. The van der Waals surface area contributed by atoms with Gasteiger partial charge in [-0.15, -0.1) is 10.2 Å². The summed E-state index contributed by atoms with van der Waals surface area (Å²) in [6, 6.07) is 3.23. The molecule has 1 amide bonds. The fourth-order valence-electron chi connectivity index (χ4n) is 1.20. The van der Waals surface area contributed by atoms with Crippen LogP contribution in [0.15, 0.2) is 12.1 Å². The lowest BCUT2D eigenvalue weighted by Crippen LogP contribution is -2.14. The van der Waals surface area contributed by atoms with Crippen molar-refractivity contribution in [3.63, 3.8) is 0 Å². The van der Waals surface area contributed by atoms with E-state index in [1.165, 1.54) is 0 Å². The number of rotatable bonds is 8. The normalized spacial score (nSPS) is 10.2. The third-order valence-corrected chi connectivity index (χ3v) is 2.04. The Hall–Kier alpha value is -1.69. The van der Waals surface area contributed by atoms with Crippen molar-refractivity contribution in [2.24, 2.45) is 5.73 Å². The van der Waals surface area contributed by atoms with Crippen molar-refractivity contribution < 1.29 is 9.53 Å². The van der Waals surface area contributed by atoms with E-state index in [1.807, 2.05) is 0 Å². The Labute approximate surface area is 101 Å². The minimum Gasteiger partial charge on any atom is -0.381 e. The number of nitrogens with zero attached hydrogens (tertiary/aromatic N) is 2. The van der Waals surface area contributed by atoms with Gasteiger partial charge in [-0.1, -0.05) is 6.92 Å². The highest BCUT2D eigenvalue weighted by molar-refractivity contribution is 5.90. The average Bonchev–Trinajstić information content (AvgIpc) is 2.34. The standard InChI is InChI=1S/C11H18N4O2/c1-2-7-17-8-3-6-13-10-5-4-9(11(12)16)14-15-10/h4-5H,2-3,6-8H2,1H3,(H2,12,16)(H,13,15). The second kappa shape index (κ2) is 7.56. The highest BCUT2D eigenvalue weighted by Crippen LogP contribution is 2.01. The summed E-state index contributed by atoms with van der Waals surface area (Å²) in [5.41, 5.74) is 5.22. The molecule has 0 aliphatic heterocycles. The molecule has 0 fully saturated rings. The van der Waals surface area contributed by atoms with Gasteiger partial charge in [-0.25, -0.2) is 0 Å². The van der Waals surface area contributed by atoms with Crippen molar-refractivity contribution in [3.8, 4) is 0 Å². The van der Waals surface area contributed by atoms with Crippen LogP contribution in [0.2, 0.25) is 0 Å². The number of amides is 1. The van der Waals surface area contributed by atoms with Gasteiger partial charge in [0.1, 0.15) is 5.82 Å². The maximum atomic E-state index is 10.8. The van der Waals surface area contributed by atoms with Crippen LogP contribution in [-0.2, 0) is 4.74 Å². The Kier molecular flexibility index (Phi) is 5.95. The van der Waals surface area contributed by atoms with Crippen molar-refractivity contribution >= 4 is 11.7 Å². The van der Waals surface area contributed by atoms with Gasteiger partial charge in [0.15, 0.2) is 5.69 Å². The lowest BCUT2D eigenvalue weighted by Gasteiger charge is -2.05. The zero-order valence-corrected chi connectivity index (χ0v) is 9.98. The van der Waals surface area contributed by atoms with Gasteiger partial charge in [0, 0.05) is 19.8 Å². The van der Waals surface area contributed by atoms with Gasteiger partial charge in [0.25, 0.3) is 5.91 Å². The van der Waals surface area contributed by atoms with Crippen LogP contribution in [0.1, 0.15) is 30.3 Å². The number of nitrogens with one attached hydrogen (secondary N) is 1. The van der Waals surface area contributed by atoms with Crippen LogP contribution in [0.3, 0.4) is 0 Å². The second-order valence-corrected chi connectivity index (χ2v) is 3.56. The van der Waals surface area contributed by atoms with Crippen LogP contribution in [0.25, 0.3) is 0 Å². The number of aromatic nitrogens is 2. The molecule has 0 saturated carbocycles. The largest absolute Gasteiger partial charge is 0.381 e. The molecular formula is C11H18N4O2. The molecule has 1 heterocycles. The first-order chi connectivity index (χ1) is 8.24. The molecule has 0 spiro atoms.